The Hall–Kier alpha value is -3.34. The molecule has 1 fully saturated rings. The molecule has 0 aliphatic carbocycles. The maximum atomic E-state index is 12.6. The van der Waals surface area contributed by atoms with Crippen LogP contribution in [0.1, 0.15) is 11.5 Å². The Morgan fingerprint density at radius 1 is 1.17 bits per heavy atom. The van der Waals surface area contributed by atoms with Gasteiger partial charge in [0, 0.05) is 12.8 Å². The molecule has 2 aliphatic heterocycles. The fourth-order valence-corrected chi connectivity index (χ4v) is 4.57. The van der Waals surface area contributed by atoms with Crippen molar-refractivity contribution >= 4 is 41.4 Å². The maximum absolute atomic E-state index is 12.6. The van der Waals surface area contributed by atoms with Crippen molar-refractivity contribution in [1.82, 2.24) is 15.5 Å². The second kappa shape index (κ2) is 7.95. The van der Waals surface area contributed by atoms with Crippen molar-refractivity contribution in [2.75, 3.05) is 12.8 Å². The van der Waals surface area contributed by atoms with E-state index in [1.54, 1.807) is 18.2 Å². The number of benzene rings is 1. The average Bonchev–Trinajstić information content (AvgIpc) is 2.70. The fraction of sp³-hybridized carbons (Fsp3) is 0.278. The number of carbonyl (C=O) groups excluding carboxylic acids is 3. The number of amides is 3. The van der Waals surface area contributed by atoms with Crippen molar-refractivity contribution in [2.24, 2.45) is 0 Å². The highest BCUT2D eigenvalue weighted by Crippen LogP contribution is 2.40. The number of nitrogens with one attached hydrogen (secondary N) is 2. The van der Waals surface area contributed by atoms with Crippen molar-refractivity contribution < 1.29 is 34.2 Å². The van der Waals surface area contributed by atoms with Gasteiger partial charge >= 0.3 is 11.9 Å². The van der Waals surface area contributed by atoms with Crippen molar-refractivity contribution in [2.45, 2.75) is 17.3 Å². The molecule has 0 radical (unpaired) electrons. The summed E-state index contributed by atoms with van der Waals surface area (Å²) in [4.78, 5) is 61.2. The molecule has 4 N–H and O–H groups in total. The smallest absolute Gasteiger partial charge is 0.353 e. The van der Waals surface area contributed by atoms with Crippen LogP contribution in [0.25, 0.3) is 0 Å². The lowest BCUT2D eigenvalue weighted by atomic mass is 9.96. The van der Waals surface area contributed by atoms with E-state index in [9.17, 15) is 34.2 Å². The Balaban J connectivity index is 1.82. The Morgan fingerprint density at radius 3 is 2.38 bits per heavy atom. The minimum atomic E-state index is -1.51. The zero-order chi connectivity index (χ0) is 21.3. The van der Waals surface area contributed by atoms with E-state index in [4.69, 9.17) is 0 Å². The highest BCUT2D eigenvalue weighted by atomic mass is 32.2. The van der Waals surface area contributed by atoms with E-state index >= 15 is 0 Å². The quantitative estimate of drug-likeness (QED) is 0.350. The first-order chi connectivity index (χ1) is 13.8. The van der Waals surface area contributed by atoms with Gasteiger partial charge in [-0.05, 0) is 5.56 Å². The number of carbonyl (C=O) groups is 5. The van der Waals surface area contributed by atoms with Crippen LogP contribution in [-0.2, 0) is 24.0 Å². The minimum Gasteiger partial charge on any atom is -0.480 e. The lowest BCUT2D eigenvalue weighted by Gasteiger charge is -2.49. The summed E-state index contributed by atoms with van der Waals surface area (Å²) in [6, 6.07) is 6.76. The molecule has 2 unspecified atom stereocenters. The summed E-state index contributed by atoms with van der Waals surface area (Å²) in [5.74, 6) is -6.48. The van der Waals surface area contributed by atoms with Gasteiger partial charge in [0.1, 0.15) is 17.1 Å². The molecule has 1 saturated heterocycles. The molecule has 3 atom stereocenters. The molecule has 29 heavy (non-hydrogen) atoms. The van der Waals surface area contributed by atoms with E-state index in [1.807, 2.05) is 0 Å². The number of carboxylic acid groups (broad SMARTS) is 2. The number of β-lactam (4-membered cyclic amide) rings is 1. The maximum Gasteiger partial charge on any atom is 0.353 e. The largest absolute Gasteiger partial charge is 0.480 e. The second-order valence-electron chi connectivity index (χ2n) is 6.29. The van der Waals surface area contributed by atoms with Gasteiger partial charge < -0.3 is 20.8 Å². The molecule has 2 heterocycles. The number of fused-ring (bicyclic) bond motifs is 1. The standard InChI is InChI=1S/C18H17N3O7S/c1-19-13(22)9-7-29-16-11(15(24)21(16)12(9)18(27)28)20-14(23)10(17(25)26)8-5-3-2-4-6-8/h2-6,10-11,16H,7H2,1H3,(H,19,22)(H,20,23)(H,25,26)(H,27,28)/t10?,11?,16-/m1/s1. The lowest BCUT2D eigenvalue weighted by Crippen LogP contribution is -2.71. The Kier molecular flexibility index (Phi) is 5.59. The topological polar surface area (TPSA) is 153 Å². The van der Waals surface area contributed by atoms with Crippen LogP contribution in [0, 0.1) is 0 Å². The summed E-state index contributed by atoms with van der Waals surface area (Å²) in [6.45, 7) is 0. The molecule has 0 saturated carbocycles. The van der Waals surface area contributed by atoms with Crippen molar-refractivity contribution in [3.63, 3.8) is 0 Å². The number of hydrogen-bond acceptors (Lipinski definition) is 6. The first-order valence-corrected chi connectivity index (χ1v) is 9.54. The van der Waals surface area contributed by atoms with Crippen LogP contribution in [-0.4, -0.2) is 69.0 Å². The van der Waals surface area contributed by atoms with E-state index < -0.39 is 52.7 Å². The van der Waals surface area contributed by atoms with E-state index in [2.05, 4.69) is 10.6 Å². The zero-order valence-electron chi connectivity index (χ0n) is 15.1. The highest BCUT2D eigenvalue weighted by Gasteiger charge is 2.55. The Labute approximate surface area is 168 Å². The first-order valence-electron chi connectivity index (χ1n) is 8.49. The molecule has 3 rings (SSSR count). The number of nitrogens with zero attached hydrogens (tertiary/aromatic N) is 1. The summed E-state index contributed by atoms with van der Waals surface area (Å²) in [5, 5.41) is 22.9. The number of thioether (sulfide) groups is 1. The third-order valence-corrected chi connectivity index (χ3v) is 5.89. The summed E-state index contributed by atoms with van der Waals surface area (Å²) >= 11 is 1.12. The molecule has 2 aliphatic rings. The summed E-state index contributed by atoms with van der Waals surface area (Å²) in [7, 11) is 1.35. The van der Waals surface area contributed by atoms with Crippen LogP contribution in [0.4, 0.5) is 0 Å². The van der Waals surface area contributed by atoms with Crippen LogP contribution in [0.3, 0.4) is 0 Å². The number of hydrogen-bond donors (Lipinski definition) is 4. The van der Waals surface area contributed by atoms with Gasteiger partial charge in [0.05, 0.1) is 5.57 Å². The molecule has 1 aromatic rings. The van der Waals surface area contributed by atoms with E-state index in [-0.39, 0.29) is 16.9 Å². The van der Waals surface area contributed by atoms with Crippen LogP contribution in [0.2, 0.25) is 0 Å². The van der Waals surface area contributed by atoms with Gasteiger partial charge in [-0.3, -0.25) is 24.1 Å². The Bertz CT molecular complexity index is 931. The molecule has 0 spiro atoms. The summed E-state index contributed by atoms with van der Waals surface area (Å²) in [5.41, 5.74) is -0.223. The van der Waals surface area contributed by atoms with Crippen molar-refractivity contribution in [1.29, 1.82) is 0 Å². The van der Waals surface area contributed by atoms with Gasteiger partial charge in [0.2, 0.25) is 11.8 Å². The van der Waals surface area contributed by atoms with Gasteiger partial charge in [-0.2, -0.15) is 0 Å². The minimum absolute atomic E-state index is 0.0309. The predicted octanol–water partition coefficient (Wildman–Crippen LogP) is -0.661. The van der Waals surface area contributed by atoms with Gasteiger partial charge in [-0.25, -0.2) is 4.79 Å². The molecular weight excluding hydrogens is 402 g/mol. The number of carboxylic acids is 2. The summed E-state index contributed by atoms with van der Waals surface area (Å²) < 4.78 is 0. The molecule has 10 nitrogen and oxygen atoms in total. The average molecular weight is 419 g/mol. The van der Waals surface area contributed by atoms with Crippen molar-refractivity contribution in [3.05, 3.63) is 47.2 Å². The lowest BCUT2D eigenvalue weighted by molar-refractivity contribution is -0.152. The monoisotopic (exact) mass is 419 g/mol. The molecule has 0 bridgehead atoms. The van der Waals surface area contributed by atoms with Crippen LogP contribution in [0.15, 0.2) is 41.6 Å². The highest BCUT2D eigenvalue weighted by molar-refractivity contribution is 8.00. The predicted molar refractivity (Wildman–Crippen MR) is 101 cm³/mol. The number of likely N-dealkylation sites (N-methyl/N-ethyl adjacent to an activating group) is 1. The van der Waals surface area contributed by atoms with Crippen LogP contribution < -0.4 is 10.6 Å². The third kappa shape index (κ3) is 3.56. The molecule has 3 amide bonds. The molecule has 0 aromatic heterocycles. The molecular formula is C18H17N3O7S. The fourth-order valence-electron chi connectivity index (χ4n) is 3.23. The van der Waals surface area contributed by atoms with E-state index in [0.717, 1.165) is 16.7 Å². The zero-order valence-corrected chi connectivity index (χ0v) is 15.9. The van der Waals surface area contributed by atoms with E-state index in [0.29, 0.717) is 0 Å². The summed E-state index contributed by atoms with van der Waals surface area (Å²) in [6.07, 6.45) is 0. The van der Waals surface area contributed by atoms with Gasteiger partial charge in [-0.1, -0.05) is 30.3 Å². The number of rotatable bonds is 6. The molecule has 1 aromatic carbocycles. The van der Waals surface area contributed by atoms with Crippen molar-refractivity contribution in [3.8, 4) is 0 Å². The molecule has 11 heteroatoms. The first kappa shape index (κ1) is 20.4. The van der Waals surface area contributed by atoms with E-state index in [1.165, 1.54) is 19.2 Å². The third-order valence-electron chi connectivity index (χ3n) is 4.61. The SMILES string of the molecule is CNC(=O)C1=C(C(=O)O)N2C(=O)C(NC(=O)C(C(=O)O)c3ccccc3)[C@H]2SC1. The normalized spacial score (nSPS) is 21.6. The molecule has 152 valence electrons. The Morgan fingerprint density at radius 2 is 1.83 bits per heavy atom. The van der Waals surface area contributed by atoms with Gasteiger partial charge in [0.25, 0.3) is 5.91 Å². The van der Waals surface area contributed by atoms with Gasteiger partial charge in [0.15, 0.2) is 5.92 Å². The second-order valence-corrected chi connectivity index (χ2v) is 7.39. The van der Waals surface area contributed by atoms with Crippen LogP contribution >= 0.6 is 11.8 Å². The van der Waals surface area contributed by atoms with Gasteiger partial charge in [-0.15, -0.1) is 11.8 Å². The van der Waals surface area contributed by atoms with Crippen LogP contribution in [0.5, 0.6) is 0 Å². The number of aliphatic carboxylic acids is 2.